The van der Waals surface area contributed by atoms with E-state index in [0.29, 0.717) is 23.7 Å². The highest BCUT2D eigenvalue weighted by Crippen LogP contribution is 2.27. The second-order valence-electron chi connectivity index (χ2n) is 6.80. The number of aromatic nitrogens is 2. The lowest BCUT2D eigenvalue weighted by atomic mass is 9.99. The molecule has 1 fully saturated rings. The number of nitrogens with one attached hydrogen (secondary N) is 1. The molecule has 1 aromatic carbocycles. The van der Waals surface area contributed by atoms with Crippen LogP contribution in [0.3, 0.4) is 0 Å². The van der Waals surface area contributed by atoms with Gasteiger partial charge in [0.25, 0.3) is 5.91 Å². The van der Waals surface area contributed by atoms with E-state index in [1.54, 1.807) is 20.3 Å². The average molecular weight is 370 g/mol. The van der Waals surface area contributed by atoms with Gasteiger partial charge in [0.2, 0.25) is 0 Å². The molecule has 0 aliphatic carbocycles. The Bertz CT molecular complexity index is 789. The molecule has 0 bridgehead atoms. The molecule has 0 radical (unpaired) electrons. The van der Waals surface area contributed by atoms with Crippen molar-refractivity contribution in [2.45, 2.75) is 26.3 Å². The van der Waals surface area contributed by atoms with Crippen molar-refractivity contribution in [2.75, 3.05) is 32.2 Å². The Morgan fingerprint density at radius 3 is 2.59 bits per heavy atom. The highest BCUT2D eigenvalue weighted by Gasteiger charge is 2.18. The summed E-state index contributed by atoms with van der Waals surface area (Å²) in [6, 6.07) is 7.32. The van der Waals surface area contributed by atoms with Crippen LogP contribution in [0.2, 0.25) is 0 Å². The van der Waals surface area contributed by atoms with Crippen molar-refractivity contribution in [3.8, 4) is 11.5 Å². The van der Waals surface area contributed by atoms with Crippen LogP contribution in [0.1, 0.15) is 35.8 Å². The molecule has 1 saturated heterocycles. The van der Waals surface area contributed by atoms with Crippen LogP contribution in [0, 0.1) is 5.92 Å². The number of nitrogens with zero attached hydrogens (tertiary/aromatic N) is 3. The van der Waals surface area contributed by atoms with Gasteiger partial charge >= 0.3 is 0 Å². The zero-order valence-corrected chi connectivity index (χ0v) is 16.1. The van der Waals surface area contributed by atoms with Crippen LogP contribution >= 0.6 is 0 Å². The highest BCUT2D eigenvalue weighted by atomic mass is 16.5. The molecule has 0 saturated carbocycles. The number of rotatable bonds is 6. The molecule has 1 amide bonds. The Morgan fingerprint density at radius 1 is 1.15 bits per heavy atom. The Hall–Kier alpha value is -2.83. The molecule has 2 aromatic rings. The van der Waals surface area contributed by atoms with E-state index in [0.717, 1.165) is 43.2 Å². The first kappa shape index (κ1) is 18.9. The first-order valence-electron chi connectivity index (χ1n) is 9.16. The lowest BCUT2D eigenvalue weighted by molar-refractivity contribution is 0.0945. The van der Waals surface area contributed by atoms with Gasteiger partial charge in [-0.1, -0.05) is 13.0 Å². The smallest absolute Gasteiger partial charge is 0.270 e. The molecular formula is C20H26N4O3. The fourth-order valence-electron chi connectivity index (χ4n) is 3.15. The monoisotopic (exact) mass is 370 g/mol. The maximum Gasteiger partial charge on any atom is 0.270 e. The highest BCUT2D eigenvalue weighted by molar-refractivity contribution is 5.92. The van der Waals surface area contributed by atoms with E-state index in [9.17, 15) is 4.79 Å². The summed E-state index contributed by atoms with van der Waals surface area (Å²) in [6.07, 6.45) is 3.74. The fourth-order valence-corrected chi connectivity index (χ4v) is 3.15. The number of amides is 1. The van der Waals surface area contributed by atoms with E-state index in [1.807, 2.05) is 18.2 Å². The van der Waals surface area contributed by atoms with Gasteiger partial charge in [-0.25, -0.2) is 9.97 Å². The third-order valence-electron chi connectivity index (χ3n) is 4.89. The number of carbonyl (C=O) groups excluding carboxylic acids is 1. The number of piperidine rings is 1. The van der Waals surface area contributed by atoms with Gasteiger partial charge in [-0.2, -0.15) is 0 Å². The van der Waals surface area contributed by atoms with Crippen molar-refractivity contribution in [2.24, 2.45) is 5.92 Å². The summed E-state index contributed by atoms with van der Waals surface area (Å²) in [6.45, 7) is 4.57. The van der Waals surface area contributed by atoms with Crippen molar-refractivity contribution in [3.63, 3.8) is 0 Å². The van der Waals surface area contributed by atoms with Crippen LogP contribution in [-0.4, -0.2) is 43.2 Å². The minimum atomic E-state index is -0.223. The molecule has 3 rings (SSSR count). The lowest BCUT2D eigenvalue weighted by Gasteiger charge is -2.31. The molecule has 1 aliphatic heterocycles. The van der Waals surface area contributed by atoms with Gasteiger partial charge in [0.1, 0.15) is 17.8 Å². The van der Waals surface area contributed by atoms with E-state index in [4.69, 9.17) is 9.47 Å². The van der Waals surface area contributed by atoms with Gasteiger partial charge in [0, 0.05) is 25.7 Å². The van der Waals surface area contributed by atoms with Gasteiger partial charge in [-0.15, -0.1) is 0 Å². The van der Waals surface area contributed by atoms with E-state index in [1.165, 1.54) is 6.33 Å². The van der Waals surface area contributed by atoms with Gasteiger partial charge in [-0.3, -0.25) is 4.79 Å². The first-order valence-corrected chi connectivity index (χ1v) is 9.16. The van der Waals surface area contributed by atoms with Crippen LogP contribution in [-0.2, 0) is 6.54 Å². The molecule has 27 heavy (non-hydrogen) atoms. The molecule has 2 heterocycles. The summed E-state index contributed by atoms with van der Waals surface area (Å²) in [5, 5.41) is 2.90. The van der Waals surface area contributed by atoms with Gasteiger partial charge < -0.3 is 19.7 Å². The molecule has 7 heteroatoms. The third-order valence-corrected chi connectivity index (χ3v) is 4.89. The summed E-state index contributed by atoms with van der Waals surface area (Å²) >= 11 is 0. The van der Waals surface area contributed by atoms with Gasteiger partial charge in [-0.05, 0) is 36.5 Å². The normalized spacial score (nSPS) is 14.7. The number of hydrogen-bond donors (Lipinski definition) is 1. The van der Waals surface area contributed by atoms with E-state index >= 15 is 0 Å². The lowest BCUT2D eigenvalue weighted by Crippen LogP contribution is -2.34. The number of carbonyl (C=O) groups is 1. The van der Waals surface area contributed by atoms with Crippen molar-refractivity contribution >= 4 is 11.7 Å². The molecule has 0 atom stereocenters. The zero-order valence-electron chi connectivity index (χ0n) is 16.1. The number of hydrogen-bond acceptors (Lipinski definition) is 6. The van der Waals surface area contributed by atoms with Gasteiger partial charge in [0.15, 0.2) is 11.5 Å². The second kappa shape index (κ2) is 8.70. The standard InChI is InChI=1S/C20H26N4O3/c1-14-6-8-24(9-7-14)19-11-16(22-13-23-19)20(25)21-12-15-4-5-17(26-2)18(10-15)27-3/h4-5,10-11,13-14H,6-9,12H2,1-3H3,(H,21,25). The van der Waals surface area contributed by atoms with Crippen LogP contribution in [0.5, 0.6) is 11.5 Å². The number of benzene rings is 1. The molecule has 7 nitrogen and oxygen atoms in total. The maximum absolute atomic E-state index is 12.5. The predicted molar refractivity (Wildman–Crippen MR) is 103 cm³/mol. The van der Waals surface area contributed by atoms with Crippen LogP contribution < -0.4 is 19.7 Å². The van der Waals surface area contributed by atoms with Gasteiger partial charge in [0.05, 0.1) is 14.2 Å². The van der Waals surface area contributed by atoms with Crippen LogP contribution in [0.25, 0.3) is 0 Å². The number of anilines is 1. The summed E-state index contributed by atoms with van der Waals surface area (Å²) in [5.74, 6) is 2.62. The molecule has 0 unspecified atom stereocenters. The number of methoxy groups -OCH3 is 2. The molecule has 1 N–H and O–H groups in total. The summed E-state index contributed by atoms with van der Waals surface area (Å²) < 4.78 is 10.5. The summed E-state index contributed by atoms with van der Waals surface area (Å²) in [4.78, 5) is 23.2. The summed E-state index contributed by atoms with van der Waals surface area (Å²) in [7, 11) is 3.18. The third kappa shape index (κ3) is 4.67. The van der Waals surface area contributed by atoms with Crippen molar-refractivity contribution in [1.29, 1.82) is 0 Å². The molecule has 1 aliphatic rings. The Labute approximate surface area is 159 Å². The maximum atomic E-state index is 12.5. The van der Waals surface area contributed by atoms with Crippen molar-refractivity contribution < 1.29 is 14.3 Å². The molecular weight excluding hydrogens is 344 g/mol. The minimum Gasteiger partial charge on any atom is -0.493 e. The van der Waals surface area contributed by atoms with E-state index in [-0.39, 0.29) is 5.91 Å². The first-order chi connectivity index (χ1) is 13.1. The SMILES string of the molecule is COc1ccc(CNC(=O)c2cc(N3CCC(C)CC3)ncn2)cc1OC. The summed E-state index contributed by atoms with van der Waals surface area (Å²) in [5.41, 5.74) is 1.29. The quantitative estimate of drug-likeness (QED) is 0.842. The topological polar surface area (TPSA) is 76.6 Å². The Morgan fingerprint density at radius 2 is 1.89 bits per heavy atom. The van der Waals surface area contributed by atoms with E-state index < -0.39 is 0 Å². The fraction of sp³-hybridized carbons (Fsp3) is 0.450. The largest absolute Gasteiger partial charge is 0.493 e. The Kier molecular flexibility index (Phi) is 6.11. The van der Waals surface area contributed by atoms with Crippen LogP contribution in [0.4, 0.5) is 5.82 Å². The molecule has 1 aromatic heterocycles. The zero-order chi connectivity index (χ0) is 19.2. The molecule has 144 valence electrons. The Balaban J connectivity index is 1.64. The van der Waals surface area contributed by atoms with E-state index in [2.05, 4.69) is 27.1 Å². The number of ether oxygens (including phenoxy) is 2. The average Bonchev–Trinajstić information content (AvgIpc) is 2.72. The van der Waals surface area contributed by atoms with Crippen LogP contribution in [0.15, 0.2) is 30.6 Å². The minimum absolute atomic E-state index is 0.223. The molecule has 0 spiro atoms. The predicted octanol–water partition coefficient (Wildman–Crippen LogP) is 2.66. The van der Waals surface area contributed by atoms with Crippen molar-refractivity contribution in [3.05, 3.63) is 41.9 Å². The van der Waals surface area contributed by atoms with Crippen molar-refractivity contribution in [1.82, 2.24) is 15.3 Å². The second-order valence-corrected chi connectivity index (χ2v) is 6.80.